The largest absolute Gasteiger partial charge is 0.396 e. The van der Waals surface area contributed by atoms with Crippen LogP contribution in [0.4, 0.5) is 0 Å². The van der Waals surface area contributed by atoms with Gasteiger partial charge in [-0.3, -0.25) is 0 Å². The summed E-state index contributed by atoms with van der Waals surface area (Å²) in [5, 5.41) is 36.7. The number of ether oxygens (including phenoxy) is 1. The van der Waals surface area contributed by atoms with Crippen LogP contribution in [0.25, 0.3) is 0 Å². The number of hydrogen-bond donors (Lipinski definition) is 4. The lowest BCUT2D eigenvalue weighted by Gasteiger charge is -2.16. The van der Waals surface area contributed by atoms with Gasteiger partial charge in [0.1, 0.15) is 12.2 Å². The van der Waals surface area contributed by atoms with Crippen LogP contribution < -0.4 is 0 Å². The van der Waals surface area contributed by atoms with E-state index in [0.29, 0.717) is 0 Å². The summed E-state index contributed by atoms with van der Waals surface area (Å²) in [6, 6.07) is 0. The minimum Gasteiger partial charge on any atom is -0.396 e. The SMILES string of the molecule is CO[C@@H]1[C@H](O)[C@@H](O)[C@H](CO)[C@@H]1O. The van der Waals surface area contributed by atoms with Crippen molar-refractivity contribution >= 4 is 0 Å². The van der Waals surface area contributed by atoms with E-state index in [9.17, 15) is 15.3 Å². The van der Waals surface area contributed by atoms with E-state index in [4.69, 9.17) is 9.84 Å². The first-order valence-electron chi connectivity index (χ1n) is 3.81. The molecule has 1 rings (SSSR count). The summed E-state index contributed by atoms with van der Waals surface area (Å²) in [5.74, 6) is -0.718. The molecule has 1 saturated carbocycles. The Morgan fingerprint density at radius 2 is 1.67 bits per heavy atom. The fourth-order valence-corrected chi connectivity index (χ4v) is 1.59. The molecule has 0 aromatic carbocycles. The van der Waals surface area contributed by atoms with Crippen molar-refractivity contribution < 1.29 is 25.2 Å². The second-order valence-electron chi connectivity index (χ2n) is 3.02. The van der Waals surface area contributed by atoms with E-state index < -0.39 is 30.3 Å². The summed E-state index contributed by atoms with van der Waals surface area (Å²) in [5.41, 5.74) is 0. The van der Waals surface area contributed by atoms with Crippen LogP contribution in [0.1, 0.15) is 0 Å². The van der Waals surface area contributed by atoms with Crippen molar-refractivity contribution in [2.24, 2.45) is 5.92 Å². The number of aliphatic hydroxyl groups excluding tert-OH is 4. The smallest absolute Gasteiger partial charge is 0.112 e. The molecule has 0 heterocycles. The van der Waals surface area contributed by atoms with Gasteiger partial charge in [0.15, 0.2) is 0 Å². The van der Waals surface area contributed by atoms with E-state index >= 15 is 0 Å². The van der Waals surface area contributed by atoms with Crippen LogP contribution in [0.2, 0.25) is 0 Å². The molecule has 4 N–H and O–H groups in total. The summed E-state index contributed by atoms with van der Waals surface area (Å²) in [7, 11) is 1.34. The molecule has 0 amide bonds. The third-order valence-corrected chi connectivity index (χ3v) is 2.38. The highest BCUT2D eigenvalue weighted by Crippen LogP contribution is 2.28. The Morgan fingerprint density at radius 1 is 1.08 bits per heavy atom. The van der Waals surface area contributed by atoms with Gasteiger partial charge in [-0.25, -0.2) is 0 Å². The Kier molecular flexibility index (Phi) is 3.03. The van der Waals surface area contributed by atoms with E-state index in [1.807, 2.05) is 0 Å². The number of rotatable bonds is 2. The van der Waals surface area contributed by atoms with Gasteiger partial charge in [-0.2, -0.15) is 0 Å². The third-order valence-electron chi connectivity index (χ3n) is 2.38. The molecular weight excluding hydrogens is 164 g/mol. The molecule has 0 aromatic rings. The van der Waals surface area contributed by atoms with Gasteiger partial charge in [-0.15, -0.1) is 0 Å². The molecule has 5 atom stereocenters. The Hall–Kier alpha value is -0.200. The lowest BCUT2D eigenvalue weighted by atomic mass is 10.1. The van der Waals surface area contributed by atoms with Gasteiger partial charge in [0.25, 0.3) is 0 Å². The Bertz CT molecular complexity index is 135. The number of aliphatic hydroxyl groups is 4. The summed E-state index contributed by atoms with van der Waals surface area (Å²) >= 11 is 0. The summed E-state index contributed by atoms with van der Waals surface area (Å²) < 4.78 is 4.77. The van der Waals surface area contributed by atoms with E-state index in [-0.39, 0.29) is 6.61 Å². The minimum atomic E-state index is -1.12. The van der Waals surface area contributed by atoms with Crippen molar-refractivity contribution in [1.82, 2.24) is 0 Å². The molecule has 0 spiro atoms. The monoisotopic (exact) mass is 178 g/mol. The molecule has 1 aliphatic rings. The zero-order chi connectivity index (χ0) is 9.30. The van der Waals surface area contributed by atoms with Gasteiger partial charge in [0, 0.05) is 13.0 Å². The standard InChI is InChI=1S/C7H14O5/c1-12-7-5(10)3(2-8)4(9)6(7)11/h3-11H,2H2,1H3/t3-,4-,5-,6+,7-/m0/s1. The summed E-state index contributed by atoms with van der Waals surface area (Å²) in [4.78, 5) is 0. The van der Waals surface area contributed by atoms with Crippen molar-refractivity contribution in [3.8, 4) is 0 Å². The lowest BCUT2D eigenvalue weighted by molar-refractivity contribution is -0.0637. The third kappa shape index (κ3) is 1.34. The van der Waals surface area contributed by atoms with Crippen LogP contribution in [0.15, 0.2) is 0 Å². The van der Waals surface area contributed by atoms with Crippen LogP contribution in [-0.4, -0.2) is 58.6 Å². The summed E-state index contributed by atoms with van der Waals surface area (Å²) in [6.45, 7) is -0.362. The Morgan fingerprint density at radius 3 is 1.92 bits per heavy atom. The first-order valence-corrected chi connectivity index (χ1v) is 3.81. The molecule has 0 aromatic heterocycles. The van der Waals surface area contributed by atoms with Gasteiger partial charge in [-0.05, 0) is 0 Å². The zero-order valence-electron chi connectivity index (χ0n) is 6.79. The molecule has 0 bridgehead atoms. The topological polar surface area (TPSA) is 90.2 Å². The quantitative estimate of drug-likeness (QED) is 0.382. The second-order valence-corrected chi connectivity index (χ2v) is 3.02. The molecule has 5 nitrogen and oxygen atoms in total. The fourth-order valence-electron chi connectivity index (χ4n) is 1.59. The van der Waals surface area contributed by atoms with Gasteiger partial charge >= 0.3 is 0 Å². The molecule has 0 radical (unpaired) electrons. The van der Waals surface area contributed by atoms with Crippen molar-refractivity contribution in [2.75, 3.05) is 13.7 Å². The predicted octanol–water partition coefficient (Wildman–Crippen LogP) is -2.29. The highest BCUT2D eigenvalue weighted by Gasteiger charge is 2.48. The molecule has 1 fully saturated rings. The average Bonchev–Trinajstić information content (AvgIpc) is 2.25. The molecule has 72 valence electrons. The van der Waals surface area contributed by atoms with Crippen LogP contribution in [-0.2, 0) is 4.74 Å². The fraction of sp³-hybridized carbons (Fsp3) is 1.00. The average molecular weight is 178 g/mol. The Balaban J connectivity index is 2.71. The van der Waals surface area contributed by atoms with Crippen molar-refractivity contribution in [3.63, 3.8) is 0 Å². The Labute approximate surface area is 70.2 Å². The van der Waals surface area contributed by atoms with Gasteiger partial charge in [0.05, 0.1) is 18.8 Å². The zero-order valence-corrected chi connectivity index (χ0v) is 6.79. The first kappa shape index (κ1) is 9.88. The highest BCUT2D eigenvalue weighted by atomic mass is 16.5. The molecule has 0 saturated heterocycles. The first-order chi connectivity index (χ1) is 5.63. The lowest BCUT2D eigenvalue weighted by Crippen LogP contribution is -2.34. The van der Waals surface area contributed by atoms with E-state index in [1.54, 1.807) is 0 Å². The molecule has 1 aliphatic carbocycles. The maximum absolute atomic E-state index is 9.38. The molecule has 5 heteroatoms. The number of hydrogen-bond acceptors (Lipinski definition) is 5. The normalized spacial score (nSPS) is 48.2. The van der Waals surface area contributed by atoms with Crippen LogP contribution in [0, 0.1) is 5.92 Å². The predicted molar refractivity (Wildman–Crippen MR) is 39.4 cm³/mol. The molecule has 12 heavy (non-hydrogen) atoms. The maximum Gasteiger partial charge on any atom is 0.112 e. The summed E-state index contributed by atoms with van der Waals surface area (Å²) in [6.07, 6.45) is -4.06. The van der Waals surface area contributed by atoms with Gasteiger partial charge in [0.2, 0.25) is 0 Å². The van der Waals surface area contributed by atoms with Crippen molar-refractivity contribution in [3.05, 3.63) is 0 Å². The molecular formula is C7H14O5. The minimum absolute atomic E-state index is 0.362. The maximum atomic E-state index is 9.38. The van der Waals surface area contributed by atoms with Crippen LogP contribution >= 0.6 is 0 Å². The molecule has 0 aliphatic heterocycles. The second kappa shape index (κ2) is 3.68. The van der Waals surface area contributed by atoms with Crippen molar-refractivity contribution in [1.29, 1.82) is 0 Å². The van der Waals surface area contributed by atoms with E-state index in [0.717, 1.165) is 0 Å². The van der Waals surface area contributed by atoms with Crippen LogP contribution in [0.3, 0.4) is 0 Å². The van der Waals surface area contributed by atoms with Crippen molar-refractivity contribution in [2.45, 2.75) is 24.4 Å². The van der Waals surface area contributed by atoms with Gasteiger partial charge < -0.3 is 25.2 Å². The highest BCUT2D eigenvalue weighted by molar-refractivity contribution is 4.98. The molecule has 0 unspecified atom stereocenters. The van der Waals surface area contributed by atoms with Gasteiger partial charge in [-0.1, -0.05) is 0 Å². The van der Waals surface area contributed by atoms with E-state index in [2.05, 4.69) is 0 Å². The van der Waals surface area contributed by atoms with E-state index in [1.165, 1.54) is 7.11 Å². The van der Waals surface area contributed by atoms with Crippen LogP contribution in [0.5, 0.6) is 0 Å². The number of methoxy groups -OCH3 is 1.